The smallest absolute Gasteiger partial charge is 0.0612 e. The van der Waals surface area contributed by atoms with Crippen LogP contribution in [0, 0.1) is 0 Å². The van der Waals surface area contributed by atoms with Crippen LogP contribution in [-0.4, -0.2) is 4.40 Å². The Morgan fingerprint density at radius 3 is 1.31 bits per heavy atom. The zero-order valence-electron chi connectivity index (χ0n) is 29.7. The average molecular weight is 689 g/mol. The van der Waals surface area contributed by atoms with Crippen LogP contribution in [0.4, 0.5) is 17.1 Å². The van der Waals surface area contributed by atoms with Crippen molar-refractivity contribution in [2.75, 3.05) is 4.90 Å². The van der Waals surface area contributed by atoms with Gasteiger partial charge in [-0.2, -0.15) is 0 Å². The van der Waals surface area contributed by atoms with Crippen molar-refractivity contribution in [3.8, 4) is 44.5 Å². The van der Waals surface area contributed by atoms with Gasteiger partial charge in [0, 0.05) is 33.6 Å². The number of aromatic nitrogens is 1. The third-order valence-electron chi connectivity index (χ3n) is 10.6. The second-order valence-corrected chi connectivity index (χ2v) is 13.8. The minimum Gasteiger partial charge on any atom is -0.311 e. The normalized spacial score (nSPS) is 11.3. The van der Waals surface area contributed by atoms with Crippen molar-refractivity contribution in [2.45, 2.75) is 0 Å². The first-order chi connectivity index (χ1) is 26.8. The van der Waals surface area contributed by atoms with E-state index in [1.54, 1.807) is 0 Å². The molecule has 54 heavy (non-hydrogen) atoms. The van der Waals surface area contributed by atoms with Gasteiger partial charge in [-0.1, -0.05) is 170 Å². The van der Waals surface area contributed by atoms with E-state index in [1.165, 1.54) is 71.8 Å². The first kappa shape index (κ1) is 31.6. The highest BCUT2D eigenvalue weighted by atomic mass is 15.1. The molecule has 0 unspecified atom stereocenters. The molecule has 0 fully saturated rings. The molecule has 0 saturated carbocycles. The fraction of sp³-hybridized carbons (Fsp3) is 0. The second kappa shape index (κ2) is 13.4. The highest BCUT2D eigenvalue weighted by Crippen LogP contribution is 2.41. The summed E-state index contributed by atoms with van der Waals surface area (Å²) < 4.78 is 2.46. The highest BCUT2D eigenvalue weighted by molar-refractivity contribution is 6.10. The highest BCUT2D eigenvalue weighted by Gasteiger charge is 2.18. The molecule has 0 N–H and O–H groups in total. The molecule has 0 spiro atoms. The molecule has 2 heterocycles. The van der Waals surface area contributed by atoms with Crippen molar-refractivity contribution in [3.05, 3.63) is 218 Å². The fourth-order valence-electron chi connectivity index (χ4n) is 8.02. The number of hydrogen-bond acceptors (Lipinski definition) is 1. The lowest BCUT2D eigenvalue weighted by Gasteiger charge is -2.26. The summed E-state index contributed by atoms with van der Waals surface area (Å²) in [4.78, 5) is 2.35. The molecule has 0 radical (unpaired) electrons. The molecule has 8 aromatic carbocycles. The summed E-state index contributed by atoms with van der Waals surface area (Å²) in [6.07, 6.45) is 0. The lowest BCUT2D eigenvalue weighted by molar-refractivity contribution is 1.28. The van der Waals surface area contributed by atoms with Crippen molar-refractivity contribution in [1.82, 2.24) is 4.40 Å². The van der Waals surface area contributed by atoms with Crippen LogP contribution in [0.1, 0.15) is 0 Å². The van der Waals surface area contributed by atoms with E-state index in [1.807, 2.05) is 0 Å². The average Bonchev–Trinajstić information content (AvgIpc) is 3.60. The number of fused-ring (bicyclic) bond motifs is 5. The Kier molecular flexibility index (Phi) is 7.85. The maximum Gasteiger partial charge on any atom is 0.0612 e. The van der Waals surface area contributed by atoms with Crippen molar-refractivity contribution in [1.29, 1.82) is 0 Å². The summed E-state index contributed by atoms with van der Waals surface area (Å²) in [5.74, 6) is 0. The summed E-state index contributed by atoms with van der Waals surface area (Å²) in [5.41, 5.74) is 16.6. The maximum absolute atomic E-state index is 2.46. The van der Waals surface area contributed by atoms with Gasteiger partial charge >= 0.3 is 0 Å². The van der Waals surface area contributed by atoms with Crippen LogP contribution in [0.5, 0.6) is 0 Å². The number of hydrogen-bond donors (Lipinski definition) is 0. The van der Waals surface area contributed by atoms with Gasteiger partial charge in [0.1, 0.15) is 0 Å². The fourth-order valence-corrected chi connectivity index (χ4v) is 8.02. The van der Waals surface area contributed by atoms with Gasteiger partial charge in [0.05, 0.1) is 16.6 Å². The number of anilines is 3. The van der Waals surface area contributed by atoms with E-state index in [0.29, 0.717) is 0 Å². The van der Waals surface area contributed by atoms with Crippen molar-refractivity contribution < 1.29 is 0 Å². The summed E-state index contributed by atoms with van der Waals surface area (Å²) in [7, 11) is 0. The summed E-state index contributed by atoms with van der Waals surface area (Å²) >= 11 is 0. The standard InChI is InChI=1S/C52H36N2/c1-4-13-37(14-5-1)39-23-30-44(31-24-39)53(45-32-25-40(26-33-45)38-15-6-2-7-16-38)46-34-27-41(28-35-46)47-21-12-19-43-29-36-50-51(42-17-8-3-9-18-42)48-20-10-11-22-49(48)54(50)52(43)47/h1-36H. The van der Waals surface area contributed by atoms with Gasteiger partial charge in [-0.15, -0.1) is 0 Å². The zero-order valence-corrected chi connectivity index (χ0v) is 29.7. The molecule has 10 rings (SSSR count). The molecular formula is C52H36N2. The topological polar surface area (TPSA) is 7.65 Å². The first-order valence-corrected chi connectivity index (χ1v) is 18.5. The van der Waals surface area contributed by atoms with E-state index in [-0.39, 0.29) is 0 Å². The van der Waals surface area contributed by atoms with Gasteiger partial charge in [-0.25, -0.2) is 0 Å². The van der Waals surface area contributed by atoms with E-state index in [4.69, 9.17) is 0 Å². The van der Waals surface area contributed by atoms with Crippen molar-refractivity contribution in [3.63, 3.8) is 0 Å². The maximum atomic E-state index is 2.46. The van der Waals surface area contributed by atoms with E-state index in [0.717, 1.165) is 17.1 Å². The molecule has 10 aromatic rings. The largest absolute Gasteiger partial charge is 0.311 e. The monoisotopic (exact) mass is 688 g/mol. The van der Waals surface area contributed by atoms with Crippen molar-refractivity contribution >= 4 is 44.4 Å². The SMILES string of the molecule is c1ccc(-c2ccc(N(c3ccc(-c4ccccc4)cc3)c3ccc(-c4cccc5ccc6c(-c7ccccc7)c7ccccc7n6c45)cc3)cc2)cc1. The number of nitrogens with zero attached hydrogens (tertiary/aromatic N) is 2. The Morgan fingerprint density at radius 1 is 0.296 bits per heavy atom. The minimum atomic E-state index is 1.10. The van der Waals surface area contributed by atoms with Crippen LogP contribution in [0.3, 0.4) is 0 Å². The van der Waals surface area contributed by atoms with Gasteiger partial charge in [-0.05, 0) is 87.3 Å². The van der Waals surface area contributed by atoms with Gasteiger partial charge in [0.2, 0.25) is 0 Å². The molecule has 254 valence electrons. The quantitative estimate of drug-likeness (QED) is 0.162. The van der Waals surface area contributed by atoms with Crippen LogP contribution in [0.15, 0.2) is 218 Å². The lowest BCUT2D eigenvalue weighted by Crippen LogP contribution is -2.09. The molecule has 0 aliphatic carbocycles. The predicted molar refractivity (Wildman–Crippen MR) is 229 cm³/mol. The second-order valence-electron chi connectivity index (χ2n) is 13.8. The lowest BCUT2D eigenvalue weighted by atomic mass is 10.00. The van der Waals surface area contributed by atoms with Gasteiger partial charge in [-0.3, -0.25) is 0 Å². The van der Waals surface area contributed by atoms with Crippen LogP contribution in [0.2, 0.25) is 0 Å². The van der Waals surface area contributed by atoms with Gasteiger partial charge < -0.3 is 9.30 Å². The number of rotatable bonds is 7. The van der Waals surface area contributed by atoms with Crippen molar-refractivity contribution in [2.24, 2.45) is 0 Å². The molecule has 0 bridgehead atoms. The molecule has 2 aromatic heterocycles. The van der Waals surface area contributed by atoms with E-state index in [2.05, 4.69) is 228 Å². The van der Waals surface area contributed by atoms with Gasteiger partial charge in [0.25, 0.3) is 0 Å². The third kappa shape index (κ3) is 5.53. The van der Waals surface area contributed by atoms with Crippen LogP contribution < -0.4 is 4.90 Å². The Hall–Kier alpha value is -7.16. The number of para-hydroxylation sites is 2. The number of pyridine rings is 1. The van der Waals surface area contributed by atoms with E-state index >= 15 is 0 Å². The molecule has 2 heteroatoms. The third-order valence-corrected chi connectivity index (χ3v) is 10.6. The molecule has 0 saturated heterocycles. The Morgan fingerprint density at radius 2 is 0.759 bits per heavy atom. The summed E-state index contributed by atoms with van der Waals surface area (Å²) in [5, 5.41) is 2.47. The molecular weight excluding hydrogens is 653 g/mol. The van der Waals surface area contributed by atoms with Gasteiger partial charge in [0.15, 0.2) is 0 Å². The Labute approximate surface area is 315 Å². The first-order valence-electron chi connectivity index (χ1n) is 18.5. The summed E-state index contributed by atoms with van der Waals surface area (Å²) in [6, 6.07) is 78.7. The minimum absolute atomic E-state index is 1.10. The van der Waals surface area contributed by atoms with Crippen LogP contribution in [-0.2, 0) is 0 Å². The van der Waals surface area contributed by atoms with E-state index in [9.17, 15) is 0 Å². The zero-order chi connectivity index (χ0) is 35.8. The Bertz CT molecular complexity index is 2790. The van der Waals surface area contributed by atoms with E-state index < -0.39 is 0 Å². The molecule has 0 amide bonds. The number of benzene rings is 8. The van der Waals surface area contributed by atoms with Crippen LogP contribution >= 0.6 is 0 Å². The molecule has 0 aliphatic rings. The molecule has 2 nitrogen and oxygen atoms in total. The van der Waals surface area contributed by atoms with Crippen LogP contribution in [0.25, 0.3) is 71.8 Å². The molecule has 0 aliphatic heterocycles. The molecule has 0 atom stereocenters. The predicted octanol–water partition coefficient (Wildman–Crippen LogP) is 14.4. The Balaban J connectivity index is 1.10. The summed E-state index contributed by atoms with van der Waals surface area (Å²) in [6.45, 7) is 0.